The Labute approximate surface area is 329 Å². The summed E-state index contributed by atoms with van der Waals surface area (Å²) >= 11 is 0. The maximum absolute atomic E-state index is 2.45. The van der Waals surface area contributed by atoms with Gasteiger partial charge in [-0.15, -0.1) is 0 Å². The summed E-state index contributed by atoms with van der Waals surface area (Å²) in [5.41, 5.74) is 18.3. The third kappa shape index (κ3) is 5.72. The normalized spacial score (nSPS) is 12.6. The SMILES string of the molecule is CC1(C)c2ccccc2-c2ccc(-c3ccc(N(c4ccc5ccccc5c4)c4cccc(-c5ccccc5)c4-c4ccccc4-c4ccccc4)cc3)cc21. The van der Waals surface area contributed by atoms with Crippen molar-refractivity contribution in [3.05, 3.63) is 223 Å². The van der Waals surface area contributed by atoms with E-state index in [1.54, 1.807) is 0 Å². The number of hydrogen-bond acceptors (Lipinski definition) is 1. The highest BCUT2D eigenvalue weighted by Gasteiger charge is 2.35. The van der Waals surface area contributed by atoms with Crippen LogP contribution in [0.15, 0.2) is 212 Å². The van der Waals surface area contributed by atoms with Gasteiger partial charge in [0.15, 0.2) is 0 Å². The number of fused-ring (bicyclic) bond motifs is 4. The Morgan fingerprint density at radius 2 is 0.875 bits per heavy atom. The molecule has 266 valence electrons. The summed E-state index contributed by atoms with van der Waals surface area (Å²) < 4.78 is 0. The standard InChI is InChI=1S/C55H41N/c1-55(2)51-26-14-13-23-48(51)49-35-31-43(37-52(49)55)39-28-32-44(33-29-39)56(45-34-30-38-16-9-10-21-42(38)36-45)53-27-15-25-47(41-19-7-4-8-20-41)54(53)50-24-12-11-22-46(50)40-17-5-3-6-18-40/h3-37H,1-2H3. The summed E-state index contributed by atoms with van der Waals surface area (Å²) in [7, 11) is 0. The molecule has 56 heavy (non-hydrogen) atoms. The van der Waals surface area contributed by atoms with Crippen LogP contribution in [-0.2, 0) is 5.41 Å². The Hall–Kier alpha value is -6.96. The van der Waals surface area contributed by atoms with Crippen LogP contribution in [0.4, 0.5) is 17.1 Å². The summed E-state index contributed by atoms with van der Waals surface area (Å²) in [5.74, 6) is 0. The third-order valence-corrected chi connectivity index (χ3v) is 11.7. The molecule has 0 amide bonds. The van der Waals surface area contributed by atoms with Gasteiger partial charge in [0.2, 0.25) is 0 Å². The Morgan fingerprint density at radius 3 is 1.62 bits per heavy atom. The summed E-state index contributed by atoms with van der Waals surface area (Å²) in [5, 5.41) is 2.43. The van der Waals surface area contributed by atoms with Crippen molar-refractivity contribution in [2.75, 3.05) is 4.90 Å². The van der Waals surface area contributed by atoms with Gasteiger partial charge >= 0.3 is 0 Å². The molecule has 0 spiro atoms. The van der Waals surface area contributed by atoms with Gasteiger partial charge in [-0.3, -0.25) is 0 Å². The molecule has 0 saturated heterocycles. The van der Waals surface area contributed by atoms with Crippen molar-refractivity contribution in [1.82, 2.24) is 0 Å². The van der Waals surface area contributed by atoms with Crippen molar-refractivity contribution in [2.45, 2.75) is 19.3 Å². The van der Waals surface area contributed by atoms with Gasteiger partial charge in [-0.1, -0.05) is 190 Å². The lowest BCUT2D eigenvalue weighted by atomic mass is 9.81. The molecule has 0 aromatic heterocycles. The molecule has 1 aliphatic rings. The second-order valence-corrected chi connectivity index (χ2v) is 15.3. The zero-order chi connectivity index (χ0) is 37.6. The minimum Gasteiger partial charge on any atom is -0.310 e. The van der Waals surface area contributed by atoms with Crippen LogP contribution < -0.4 is 4.90 Å². The first kappa shape index (κ1) is 33.6. The van der Waals surface area contributed by atoms with E-state index in [-0.39, 0.29) is 5.41 Å². The predicted molar refractivity (Wildman–Crippen MR) is 238 cm³/mol. The fourth-order valence-electron chi connectivity index (χ4n) is 8.87. The van der Waals surface area contributed by atoms with Gasteiger partial charge in [0, 0.05) is 22.4 Å². The second-order valence-electron chi connectivity index (χ2n) is 15.3. The van der Waals surface area contributed by atoms with Gasteiger partial charge in [-0.25, -0.2) is 0 Å². The van der Waals surface area contributed by atoms with Gasteiger partial charge < -0.3 is 4.90 Å². The summed E-state index contributed by atoms with van der Waals surface area (Å²) in [6.45, 7) is 4.70. The summed E-state index contributed by atoms with van der Waals surface area (Å²) in [4.78, 5) is 2.45. The van der Waals surface area contributed by atoms with Crippen molar-refractivity contribution in [2.24, 2.45) is 0 Å². The molecule has 9 aromatic rings. The highest BCUT2D eigenvalue weighted by atomic mass is 15.1. The smallest absolute Gasteiger partial charge is 0.0546 e. The van der Waals surface area contributed by atoms with Crippen molar-refractivity contribution in [3.63, 3.8) is 0 Å². The molecule has 1 nitrogen and oxygen atoms in total. The first-order valence-electron chi connectivity index (χ1n) is 19.5. The highest BCUT2D eigenvalue weighted by molar-refractivity contribution is 6.02. The molecule has 1 heteroatoms. The Morgan fingerprint density at radius 1 is 0.321 bits per heavy atom. The molecule has 0 aliphatic heterocycles. The number of nitrogens with zero attached hydrogens (tertiary/aromatic N) is 1. The van der Waals surface area contributed by atoms with Crippen LogP contribution in [0.2, 0.25) is 0 Å². The predicted octanol–water partition coefficient (Wildman–Crippen LogP) is 15.3. The lowest BCUT2D eigenvalue weighted by Gasteiger charge is -2.30. The fourth-order valence-corrected chi connectivity index (χ4v) is 8.87. The van der Waals surface area contributed by atoms with E-state index in [1.807, 2.05) is 0 Å². The minimum atomic E-state index is -0.0506. The van der Waals surface area contributed by atoms with E-state index >= 15 is 0 Å². The first-order valence-corrected chi connectivity index (χ1v) is 19.5. The molecule has 0 heterocycles. The van der Waals surface area contributed by atoms with Crippen molar-refractivity contribution in [3.8, 4) is 55.6 Å². The maximum Gasteiger partial charge on any atom is 0.0546 e. The van der Waals surface area contributed by atoms with Crippen LogP contribution >= 0.6 is 0 Å². The molecular formula is C55H41N. The van der Waals surface area contributed by atoms with E-state index in [2.05, 4.69) is 231 Å². The van der Waals surface area contributed by atoms with Crippen molar-refractivity contribution in [1.29, 1.82) is 0 Å². The minimum absolute atomic E-state index is 0.0506. The van der Waals surface area contributed by atoms with E-state index in [1.165, 1.54) is 77.5 Å². The molecular weight excluding hydrogens is 675 g/mol. The molecule has 9 aromatic carbocycles. The molecule has 0 atom stereocenters. The Bertz CT molecular complexity index is 2870. The van der Waals surface area contributed by atoms with Crippen molar-refractivity contribution < 1.29 is 0 Å². The average Bonchev–Trinajstić information content (AvgIpc) is 3.49. The lowest BCUT2D eigenvalue weighted by molar-refractivity contribution is 0.660. The van der Waals surface area contributed by atoms with Crippen LogP contribution in [0.25, 0.3) is 66.4 Å². The monoisotopic (exact) mass is 715 g/mol. The van der Waals surface area contributed by atoms with Crippen LogP contribution in [0, 0.1) is 0 Å². The van der Waals surface area contributed by atoms with E-state index in [0.717, 1.165) is 17.1 Å². The zero-order valence-electron chi connectivity index (χ0n) is 31.7. The van der Waals surface area contributed by atoms with Gasteiger partial charge in [0.05, 0.1) is 5.69 Å². The van der Waals surface area contributed by atoms with Gasteiger partial charge in [0.1, 0.15) is 0 Å². The first-order chi connectivity index (χ1) is 27.5. The average molecular weight is 716 g/mol. The second kappa shape index (κ2) is 13.7. The van der Waals surface area contributed by atoms with Gasteiger partial charge in [-0.2, -0.15) is 0 Å². The zero-order valence-corrected chi connectivity index (χ0v) is 31.7. The van der Waals surface area contributed by atoms with Crippen LogP contribution in [0.5, 0.6) is 0 Å². The quantitative estimate of drug-likeness (QED) is 0.159. The lowest BCUT2D eigenvalue weighted by Crippen LogP contribution is -2.14. The number of rotatable bonds is 7. The van der Waals surface area contributed by atoms with Gasteiger partial charge in [0.25, 0.3) is 0 Å². The topological polar surface area (TPSA) is 3.24 Å². The molecule has 1 aliphatic carbocycles. The molecule has 0 unspecified atom stereocenters. The molecule has 0 radical (unpaired) electrons. The van der Waals surface area contributed by atoms with Crippen LogP contribution in [0.1, 0.15) is 25.0 Å². The van der Waals surface area contributed by atoms with Crippen LogP contribution in [-0.4, -0.2) is 0 Å². The number of benzene rings is 9. The highest BCUT2D eigenvalue weighted by Crippen LogP contribution is 2.51. The van der Waals surface area contributed by atoms with Gasteiger partial charge in [-0.05, 0) is 108 Å². The van der Waals surface area contributed by atoms with Crippen LogP contribution in [0.3, 0.4) is 0 Å². The Balaban J connectivity index is 1.17. The maximum atomic E-state index is 2.45. The molecule has 0 saturated carbocycles. The van der Waals surface area contributed by atoms with E-state index < -0.39 is 0 Å². The fraction of sp³-hybridized carbons (Fsp3) is 0.0545. The third-order valence-electron chi connectivity index (χ3n) is 11.7. The Kier molecular flexibility index (Phi) is 8.23. The number of hydrogen-bond donors (Lipinski definition) is 0. The molecule has 0 bridgehead atoms. The van der Waals surface area contributed by atoms with E-state index in [9.17, 15) is 0 Å². The summed E-state index contributed by atoms with van der Waals surface area (Å²) in [6, 6.07) is 77.7. The molecule has 0 fully saturated rings. The molecule has 0 N–H and O–H groups in total. The van der Waals surface area contributed by atoms with E-state index in [4.69, 9.17) is 0 Å². The van der Waals surface area contributed by atoms with E-state index in [0.29, 0.717) is 0 Å². The summed E-state index contributed by atoms with van der Waals surface area (Å²) in [6.07, 6.45) is 0. The number of anilines is 3. The van der Waals surface area contributed by atoms with Crippen molar-refractivity contribution >= 4 is 27.8 Å². The largest absolute Gasteiger partial charge is 0.310 e. The molecule has 10 rings (SSSR count).